The Kier molecular flexibility index (Phi) is 1.53. The van der Waals surface area contributed by atoms with Crippen LogP contribution in [0.1, 0.15) is 26.8 Å². The molecule has 1 N–H and O–H groups in total. The normalized spacial score (nSPS) is 11.2. The molecule has 0 aromatic carbocycles. The molecule has 0 bridgehead atoms. The first-order chi connectivity index (χ1) is 5.77. The summed E-state index contributed by atoms with van der Waals surface area (Å²) >= 11 is 0. The maximum atomic E-state index is 4.16. The molecule has 0 fully saturated rings. The lowest BCUT2D eigenvalue weighted by Crippen LogP contribution is -1.88. The highest BCUT2D eigenvalue weighted by Gasteiger charge is 2.03. The summed E-state index contributed by atoms with van der Waals surface area (Å²) in [6.07, 6.45) is 1.84. The van der Waals surface area contributed by atoms with Crippen molar-refractivity contribution in [1.82, 2.24) is 20.4 Å². The van der Waals surface area contributed by atoms with Crippen LogP contribution in [0, 0.1) is 0 Å². The van der Waals surface area contributed by atoms with Crippen LogP contribution < -0.4 is 0 Å². The summed E-state index contributed by atoms with van der Waals surface area (Å²) in [5.41, 5.74) is 2.71. The van der Waals surface area contributed by atoms with E-state index in [1.54, 1.807) is 0 Å². The standard InChI is InChI=1S/C8H10N4.H2/c1-5(2)6-3-7-8(9-4-6)11-12-10-7;/h3-5H,1-2H3,(H,9,10,11,12);1H. The van der Waals surface area contributed by atoms with Gasteiger partial charge in [0, 0.05) is 7.62 Å². The van der Waals surface area contributed by atoms with Crippen molar-refractivity contribution in [2.75, 3.05) is 0 Å². The van der Waals surface area contributed by atoms with Gasteiger partial charge in [-0.15, -0.1) is 5.10 Å². The Morgan fingerprint density at radius 2 is 2.25 bits per heavy atom. The highest BCUT2D eigenvalue weighted by Crippen LogP contribution is 2.15. The lowest BCUT2D eigenvalue weighted by Gasteiger charge is -2.01. The van der Waals surface area contributed by atoms with E-state index in [0.717, 1.165) is 5.52 Å². The minimum Gasteiger partial charge on any atom is -0.233 e. The second-order valence-electron chi connectivity index (χ2n) is 3.09. The van der Waals surface area contributed by atoms with E-state index in [2.05, 4.69) is 34.2 Å². The molecule has 2 heterocycles. The van der Waals surface area contributed by atoms with Gasteiger partial charge in [-0.3, -0.25) is 0 Å². The molecule has 2 rings (SSSR count). The summed E-state index contributed by atoms with van der Waals surface area (Å²) in [6, 6.07) is 2.01. The minimum atomic E-state index is 0. The molecule has 12 heavy (non-hydrogen) atoms. The van der Waals surface area contributed by atoms with E-state index in [9.17, 15) is 0 Å². The smallest absolute Gasteiger partial charge is 0.201 e. The molecule has 0 aliphatic carbocycles. The Labute approximate surface area is 71.5 Å². The second-order valence-corrected chi connectivity index (χ2v) is 3.09. The Morgan fingerprint density at radius 3 is 3.00 bits per heavy atom. The molecule has 0 atom stereocenters. The van der Waals surface area contributed by atoms with Gasteiger partial charge in [0.15, 0.2) is 0 Å². The summed E-state index contributed by atoms with van der Waals surface area (Å²) < 4.78 is 0. The van der Waals surface area contributed by atoms with Gasteiger partial charge in [0.25, 0.3) is 0 Å². The van der Waals surface area contributed by atoms with Gasteiger partial charge in [-0.25, -0.2) is 4.98 Å². The molecule has 0 unspecified atom stereocenters. The first-order valence-electron chi connectivity index (χ1n) is 3.94. The summed E-state index contributed by atoms with van der Waals surface area (Å²) in [4.78, 5) is 4.16. The number of nitrogens with one attached hydrogen (secondary N) is 1. The molecular formula is C8H12N4. The molecule has 0 saturated heterocycles. The molecule has 0 aliphatic heterocycles. The van der Waals surface area contributed by atoms with Gasteiger partial charge < -0.3 is 0 Å². The van der Waals surface area contributed by atoms with Crippen molar-refractivity contribution in [3.05, 3.63) is 17.8 Å². The number of aromatic nitrogens is 4. The van der Waals surface area contributed by atoms with E-state index in [0.29, 0.717) is 11.6 Å². The van der Waals surface area contributed by atoms with Crippen LogP contribution in [0.4, 0.5) is 0 Å². The van der Waals surface area contributed by atoms with Crippen LogP contribution in [0.15, 0.2) is 12.3 Å². The predicted molar refractivity (Wildman–Crippen MR) is 47.9 cm³/mol. The lowest BCUT2D eigenvalue weighted by atomic mass is 10.1. The SMILES string of the molecule is CC(C)c1cnc2n[nH]nc2c1.[HH]. The van der Waals surface area contributed by atoms with Gasteiger partial charge in [-0.05, 0) is 17.5 Å². The summed E-state index contributed by atoms with van der Waals surface area (Å²) in [5.74, 6) is 0.485. The monoisotopic (exact) mass is 164 g/mol. The van der Waals surface area contributed by atoms with Gasteiger partial charge >= 0.3 is 0 Å². The second kappa shape index (κ2) is 2.55. The van der Waals surface area contributed by atoms with Crippen molar-refractivity contribution in [3.8, 4) is 0 Å². The quantitative estimate of drug-likeness (QED) is 0.698. The number of fused-ring (bicyclic) bond motifs is 1. The average molecular weight is 164 g/mol. The van der Waals surface area contributed by atoms with Crippen LogP contribution in [-0.4, -0.2) is 20.4 Å². The summed E-state index contributed by atoms with van der Waals surface area (Å²) in [6.45, 7) is 4.26. The van der Waals surface area contributed by atoms with E-state index in [-0.39, 0.29) is 1.43 Å². The van der Waals surface area contributed by atoms with E-state index in [4.69, 9.17) is 0 Å². The first-order valence-corrected chi connectivity index (χ1v) is 3.94. The van der Waals surface area contributed by atoms with E-state index in [1.807, 2.05) is 12.3 Å². The maximum Gasteiger partial charge on any atom is 0.201 e. The fourth-order valence-corrected chi connectivity index (χ4v) is 1.07. The Morgan fingerprint density at radius 1 is 1.42 bits per heavy atom. The third kappa shape index (κ3) is 1.05. The molecule has 0 radical (unpaired) electrons. The number of pyridine rings is 1. The molecule has 4 nitrogen and oxygen atoms in total. The molecule has 0 amide bonds. The predicted octanol–water partition coefficient (Wildman–Crippen LogP) is 1.72. The molecule has 64 valence electrons. The average Bonchev–Trinajstić information content (AvgIpc) is 2.49. The van der Waals surface area contributed by atoms with Gasteiger partial charge in [-0.2, -0.15) is 10.3 Å². The van der Waals surface area contributed by atoms with Crippen molar-refractivity contribution >= 4 is 11.2 Å². The molecule has 0 spiro atoms. The molecule has 0 saturated carbocycles. The van der Waals surface area contributed by atoms with Crippen LogP contribution in [0.5, 0.6) is 0 Å². The molecule has 2 aromatic heterocycles. The number of hydrogen-bond acceptors (Lipinski definition) is 3. The van der Waals surface area contributed by atoms with Crippen molar-refractivity contribution in [2.45, 2.75) is 19.8 Å². The number of rotatable bonds is 1. The van der Waals surface area contributed by atoms with E-state index < -0.39 is 0 Å². The third-order valence-electron chi connectivity index (χ3n) is 1.86. The topological polar surface area (TPSA) is 54.5 Å². The highest BCUT2D eigenvalue weighted by molar-refractivity contribution is 5.69. The Hall–Kier alpha value is -1.45. The zero-order chi connectivity index (χ0) is 8.55. The van der Waals surface area contributed by atoms with Crippen molar-refractivity contribution in [1.29, 1.82) is 0 Å². The molecule has 0 aliphatic rings. The lowest BCUT2D eigenvalue weighted by molar-refractivity contribution is 0.861. The fourth-order valence-electron chi connectivity index (χ4n) is 1.07. The highest BCUT2D eigenvalue weighted by atomic mass is 15.3. The van der Waals surface area contributed by atoms with E-state index >= 15 is 0 Å². The first kappa shape index (κ1) is 7.21. The van der Waals surface area contributed by atoms with Gasteiger partial charge in [0.1, 0.15) is 5.52 Å². The van der Waals surface area contributed by atoms with Crippen LogP contribution in [0.3, 0.4) is 0 Å². The van der Waals surface area contributed by atoms with Crippen molar-refractivity contribution in [2.24, 2.45) is 0 Å². The van der Waals surface area contributed by atoms with Crippen LogP contribution in [-0.2, 0) is 0 Å². The van der Waals surface area contributed by atoms with Crippen molar-refractivity contribution < 1.29 is 1.43 Å². The third-order valence-corrected chi connectivity index (χ3v) is 1.86. The minimum absolute atomic E-state index is 0. The summed E-state index contributed by atoms with van der Waals surface area (Å²) in [5, 5.41) is 10.4. The number of aromatic amines is 1. The number of hydrogen-bond donors (Lipinski definition) is 1. The van der Waals surface area contributed by atoms with Crippen LogP contribution in [0.25, 0.3) is 11.2 Å². The number of H-pyrrole nitrogens is 1. The Bertz CT molecular complexity index is 396. The van der Waals surface area contributed by atoms with Gasteiger partial charge in [-0.1, -0.05) is 13.8 Å². The van der Waals surface area contributed by atoms with E-state index in [1.165, 1.54) is 5.56 Å². The molecule has 4 heteroatoms. The molecule has 2 aromatic rings. The Balaban J connectivity index is 0.000000845. The van der Waals surface area contributed by atoms with Gasteiger partial charge in [0.05, 0.1) is 0 Å². The largest absolute Gasteiger partial charge is 0.233 e. The number of nitrogens with zero attached hydrogens (tertiary/aromatic N) is 3. The summed E-state index contributed by atoms with van der Waals surface area (Å²) in [7, 11) is 0. The fraction of sp³-hybridized carbons (Fsp3) is 0.375. The van der Waals surface area contributed by atoms with Crippen LogP contribution >= 0.6 is 0 Å². The zero-order valence-electron chi connectivity index (χ0n) is 7.07. The maximum absolute atomic E-state index is 4.16. The molecular weight excluding hydrogens is 152 g/mol. The van der Waals surface area contributed by atoms with Crippen molar-refractivity contribution in [3.63, 3.8) is 0 Å². The van der Waals surface area contributed by atoms with Crippen LogP contribution in [0.2, 0.25) is 0 Å². The van der Waals surface area contributed by atoms with Gasteiger partial charge in [0.2, 0.25) is 5.65 Å². The zero-order valence-corrected chi connectivity index (χ0v) is 7.07.